The summed E-state index contributed by atoms with van der Waals surface area (Å²) in [5, 5.41) is 0. The molecule has 0 spiro atoms. The van der Waals surface area contributed by atoms with Crippen molar-refractivity contribution in [3.8, 4) is 17.2 Å². The summed E-state index contributed by atoms with van der Waals surface area (Å²) in [7, 11) is -5.94. The van der Waals surface area contributed by atoms with Crippen molar-refractivity contribution in [1.82, 2.24) is 0 Å². The van der Waals surface area contributed by atoms with Gasteiger partial charge in [0.05, 0.1) is 5.56 Å². The summed E-state index contributed by atoms with van der Waals surface area (Å²) in [6, 6.07) is 10.1. The maximum Gasteiger partial charge on any atom is 0.534 e. The van der Waals surface area contributed by atoms with Crippen LogP contribution in [0.3, 0.4) is 0 Å². The number of carbonyl (C=O) groups is 1. The van der Waals surface area contributed by atoms with Crippen molar-refractivity contribution < 1.29 is 40.0 Å². The van der Waals surface area contributed by atoms with Crippen LogP contribution in [0.1, 0.15) is 55.5 Å². The minimum Gasteiger partial charge on any atom is -0.487 e. The Morgan fingerprint density at radius 1 is 1.15 bits per heavy atom. The zero-order chi connectivity index (χ0) is 24.9. The highest BCUT2D eigenvalue weighted by atomic mass is 32.2. The molecular formula is C24H23F3O6S. The zero-order valence-electron chi connectivity index (χ0n) is 18.7. The van der Waals surface area contributed by atoms with Gasteiger partial charge in [-0.2, -0.15) is 21.6 Å². The van der Waals surface area contributed by atoms with E-state index in [0.717, 1.165) is 30.5 Å². The van der Waals surface area contributed by atoms with Gasteiger partial charge in [-0.1, -0.05) is 29.8 Å². The number of ether oxygens (including phenoxy) is 2. The van der Waals surface area contributed by atoms with E-state index in [1.807, 2.05) is 26.8 Å². The minimum atomic E-state index is -5.94. The van der Waals surface area contributed by atoms with E-state index < -0.39 is 32.9 Å². The molecule has 4 rings (SSSR count). The summed E-state index contributed by atoms with van der Waals surface area (Å²) in [6.45, 7) is 5.69. The number of fused-ring (bicyclic) bond motifs is 3. The molecule has 0 radical (unpaired) electrons. The number of carbonyl (C=O) groups excluding carboxylic acids is 1. The lowest BCUT2D eigenvalue weighted by Crippen LogP contribution is -2.45. The van der Waals surface area contributed by atoms with Gasteiger partial charge in [-0.15, -0.1) is 0 Å². The molecule has 182 valence electrons. The molecule has 1 aliphatic heterocycles. The number of hydrogen-bond donors (Lipinski definition) is 0. The Kier molecular flexibility index (Phi) is 5.91. The number of allylic oxidation sites excluding steroid dienone is 2. The van der Waals surface area contributed by atoms with Crippen LogP contribution >= 0.6 is 0 Å². The average Bonchev–Trinajstić information content (AvgIpc) is 2.72. The highest BCUT2D eigenvalue weighted by Crippen LogP contribution is 2.54. The van der Waals surface area contributed by atoms with Crippen LogP contribution in [0.5, 0.6) is 17.2 Å². The first-order valence-corrected chi connectivity index (χ1v) is 12.0. The Morgan fingerprint density at radius 2 is 1.82 bits per heavy atom. The number of hydrogen-bond acceptors (Lipinski definition) is 6. The Bertz CT molecular complexity index is 1250. The average molecular weight is 497 g/mol. The second kappa shape index (κ2) is 8.33. The molecule has 0 saturated carbocycles. The highest BCUT2D eigenvalue weighted by Gasteiger charge is 2.50. The Morgan fingerprint density at radius 3 is 2.47 bits per heavy atom. The fourth-order valence-corrected chi connectivity index (χ4v) is 4.97. The van der Waals surface area contributed by atoms with Gasteiger partial charge in [-0.25, -0.2) is 4.79 Å². The van der Waals surface area contributed by atoms with Crippen LogP contribution in [0, 0.1) is 5.92 Å². The zero-order valence-corrected chi connectivity index (χ0v) is 19.5. The van der Waals surface area contributed by atoms with Gasteiger partial charge in [-0.05, 0) is 45.7 Å². The lowest BCUT2D eigenvalue weighted by molar-refractivity contribution is -0.0500. The van der Waals surface area contributed by atoms with Crippen molar-refractivity contribution in [1.29, 1.82) is 0 Å². The largest absolute Gasteiger partial charge is 0.534 e. The summed E-state index contributed by atoms with van der Waals surface area (Å²) in [5.74, 6) is -1.68. The van der Waals surface area contributed by atoms with Gasteiger partial charge in [0.2, 0.25) is 0 Å². The van der Waals surface area contributed by atoms with Crippen LogP contribution < -0.4 is 13.7 Å². The van der Waals surface area contributed by atoms with Gasteiger partial charge < -0.3 is 13.7 Å². The van der Waals surface area contributed by atoms with Crippen LogP contribution in [0.2, 0.25) is 0 Å². The molecule has 2 aromatic carbocycles. The second-order valence-electron chi connectivity index (χ2n) is 8.96. The molecule has 0 fully saturated rings. The van der Waals surface area contributed by atoms with Gasteiger partial charge in [0.25, 0.3) is 0 Å². The molecule has 6 nitrogen and oxygen atoms in total. The molecule has 0 bridgehead atoms. The Balaban J connectivity index is 1.86. The maximum atomic E-state index is 12.9. The quantitative estimate of drug-likeness (QED) is 0.176. The molecule has 0 unspecified atom stereocenters. The monoisotopic (exact) mass is 496 g/mol. The number of alkyl halides is 3. The predicted octanol–water partition coefficient (Wildman–Crippen LogP) is 5.75. The maximum absolute atomic E-state index is 12.9. The van der Waals surface area contributed by atoms with Gasteiger partial charge in [0.15, 0.2) is 0 Å². The van der Waals surface area contributed by atoms with Crippen LogP contribution in [-0.2, 0) is 10.1 Å². The molecule has 1 aliphatic carbocycles. The molecule has 0 aromatic heterocycles. The van der Waals surface area contributed by atoms with Crippen molar-refractivity contribution in [3.05, 3.63) is 65.2 Å². The molecule has 0 amide bonds. The lowest BCUT2D eigenvalue weighted by atomic mass is 9.68. The Hall–Kier alpha value is -3.01. The summed E-state index contributed by atoms with van der Waals surface area (Å²) >= 11 is 0. The van der Waals surface area contributed by atoms with E-state index in [-0.39, 0.29) is 28.9 Å². The number of rotatable bonds is 4. The standard InChI is InChI=1S/C24H23F3O6S/c1-14-9-10-18-17(11-14)21-19(31-22(28)15-7-5-4-6-8-15)12-16(13-20(21)32-23(18,2)3)33-34(29,30)24(25,26)27/h4-8,11-13,17-18H,9-10H2,1-3H3/t17-,18-/m1/s1. The van der Waals surface area contributed by atoms with E-state index in [9.17, 15) is 26.4 Å². The first-order chi connectivity index (χ1) is 15.8. The van der Waals surface area contributed by atoms with Crippen LogP contribution in [0.15, 0.2) is 54.1 Å². The normalized spacial score (nSPS) is 21.4. The van der Waals surface area contributed by atoms with E-state index in [2.05, 4.69) is 4.18 Å². The lowest BCUT2D eigenvalue weighted by Gasteiger charge is -2.46. The molecule has 2 aliphatic rings. The van der Waals surface area contributed by atoms with Gasteiger partial charge >= 0.3 is 21.6 Å². The predicted molar refractivity (Wildman–Crippen MR) is 117 cm³/mol. The van der Waals surface area contributed by atoms with Crippen LogP contribution in [0.25, 0.3) is 0 Å². The molecular weight excluding hydrogens is 473 g/mol. The van der Waals surface area contributed by atoms with E-state index in [1.54, 1.807) is 18.2 Å². The second-order valence-corrected chi connectivity index (χ2v) is 10.5. The fraction of sp³-hybridized carbons (Fsp3) is 0.375. The highest BCUT2D eigenvalue weighted by molar-refractivity contribution is 7.88. The number of benzene rings is 2. The minimum absolute atomic E-state index is 0.00329. The summed E-state index contributed by atoms with van der Waals surface area (Å²) in [4.78, 5) is 12.8. The molecule has 10 heteroatoms. The van der Waals surface area contributed by atoms with E-state index in [0.29, 0.717) is 5.56 Å². The van der Waals surface area contributed by atoms with E-state index >= 15 is 0 Å². The molecule has 1 heterocycles. The number of esters is 1. The van der Waals surface area contributed by atoms with Crippen molar-refractivity contribution in [2.75, 3.05) is 0 Å². The molecule has 0 N–H and O–H groups in total. The molecule has 0 saturated heterocycles. The summed E-state index contributed by atoms with van der Waals surface area (Å²) < 4.78 is 78.1. The van der Waals surface area contributed by atoms with Crippen LogP contribution in [0.4, 0.5) is 13.2 Å². The number of halogens is 3. The fourth-order valence-electron chi connectivity index (χ4n) is 4.52. The van der Waals surface area contributed by atoms with E-state index in [4.69, 9.17) is 9.47 Å². The third-order valence-electron chi connectivity index (χ3n) is 6.13. The Labute approximate surface area is 195 Å². The van der Waals surface area contributed by atoms with Gasteiger partial charge in [0.1, 0.15) is 22.8 Å². The topological polar surface area (TPSA) is 78.9 Å². The van der Waals surface area contributed by atoms with Crippen molar-refractivity contribution >= 4 is 16.1 Å². The van der Waals surface area contributed by atoms with Gasteiger partial charge in [-0.3, -0.25) is 0 Å². The summed E-state index contributed by atoms with van der Waals surface area (Å²) in [6.07, 6.45) is 3.68. The van der Waals surface area contributed by atoms with Gasteiger partial charge in [0, 0.05) is 29.5 Å². The van der Waals surface area contributed by atoms with Crippen LogP contribution in [-0.4, -0.2) is 25.5 Å². The van der Waals surface area contributed by atoms with Crippen molar-refractivity contribution in [2.24, 2.45) is 5.92 Å². The molecule has 2 aromatic rings. The first kappa shape index (κ1) is 24.1. The molecule has 34 heavy (non-hydrogen) atoms. The van der Waals surface area contributed by atoms with Crippen molar-refractivity contribution in [2.45, 2.75) is 50.6 Å². The summed E-state index contributed by atoms with van der Waals surface area (Å²) in [5.41, 5.74) is -4.54. The SMILES string of the molecule is CC1=C[C@H]2c3c(OC(=O)c4ccccc4)cc(OS(=O)(=O)C(F)(F)F)cc3OC(C)(C)[C@@H]2CC1. The van der Waals surface area contributed by atoms with E-state index in [1.165, 1.54) is 12.1 Å². The smallest absolute Gasteiger partial charge is 0.487 e. The third kappa shape index (κ3) is 4.51. The molecule has 2 atom stereocenters. The first-order valence-electron chi connectivity index (χ1n) is 10.6. The third-order valence-corrected chi connectivity index (χ3v) is 7.10. The van der Waals surface area contributed by atoms with Crippen molar-refractivity contribution in [3.63, 3.8) is 0 Å².